The van der Waals surface area contributed by atoms with Crippen LogP contribution < -0.4 is 21.1 Å². The summed E-state index contributed by atoms with van der Waals surface area (Å²) in [5.74, 6) is 0.173. The van der Waals surface area contributed by atoms with E-state index >= 15 is 0 Å². The molecule has 0 aliphatic heterocycles. The van der Waals surface area contributed by atoms with E-state index in [2.05, 4.69) is 30.8 Å². The molecule has 5 heterocycles. The molecule has 5 aromatic heterocycles. The summed E-state index contributed by atoms with van der Waals surface area (Å²) in [6.07, 6.45) is 7.66. The molecule has 4 N–H and O–H groups in total. The fourth-order valence-corrected chi connectivity index (χ4v) is 6.12. The molecule has 1 aromatic carbocycles. The predicted octanol–water partition coefficient (Wildman–Crippen LogP) is 4.48. The van der Waals surface area contributed by atoms with Gasteiger partial charge in [0.05, 0.1) is 29.0 Å². The van der Waals surface area contributed by atoms with E-state index in [-0.39, 0.29) is 29.9 Å². The van der Waals surface area contributed by atoms with Gasteiger partial charge in [-0.15, -0.1) is 0 Å². The molecule has 6 aromatic rings. The van der Waals surface area contributed by atoms with Gasteiger partial charge in [0.25, 0.3) is 11.8 Å². The Kier molecular flexibility index (Phi) is 9.28. The summed E-state index contributed by atoms with van der Waals surface area (Å²) in [7, 11) is 0. The zero-order chi connectivity index (χ0) is 36.5. The first-order valence-electron chi connectivity index (χ1n) is 17.3. The Hall–Kier alpha value is -6.32. The summed E-state index contributed by atoms with van der Waals surface area (Å²) >= 11 is 0. The van der Waals surface area contributed by atoms with Crippen molar-refractivity contribution in [2.24, 2.45) is 11.7 Å². The van der Waals surface area contributed by atoms with Gasteiger partial charge in [-0.05, 0) is 82.9 Å². The number of hydrogen-bond donors (Lipinski definition) is 3. The lowest BCUT2D eigenvalue weighted by Gasteiger charge is -2.13. The van der Waals surface area contributed by atoms with E-state index in [0.717, 1.165) is 24.1 Å². The third kappa shape index (κ3) is 6.86. The maximum absolute atomic E-state index is 13.6. The number of benzene rings is 1. The lowest BCUT2D eigenvalue weighted by atomic mass is 10.1. The third-order valence-corrected chi connectivity index (χ3v) is 8.85. The van der Waals surface area contributed by atoms with Crippen LogP contribution in [0, 0.1) is 19.8 Å². The second kappa shape index (κ2) is 14.1. The summed E-state index contributed by atoms with van der Waals surface area (Å²) < 4.78 is 13.2. The first kappa shape index (κ1) is 34.1. The van der Waals surface area contributed by atoms with E-state index in [1.807, 2.05) is 61.1 Å². The van der Waals surface area contributed by atoms with Gasteiger partial charge in [0.2, 0.25) is 17.8 Å². The number of ether oxygens (including phenoxy) is 1. The quantitative estimate of drug-likeness (QED) is 0.137. The molecule has 0 unspecified atom stereocenters. The minimum Gasteiger partial charge on any atom is -0.491 e. The van der Waals surface area contributed by atoms with Crippen LogP contribution in [0.5, 0.6) is 5.75 Å². The number of imidazole rings is 2. The van der Waals surface area contributed by atoms with Crippen molar-refractivity contribution in [3.8, 4) is 5.75 Å². The van der Waals surface area contributed by atoms with Gasteiger partial charge in [-0.1, -0.05) is 12.2 Å². The summed E-state index contributed by atoms with van der Waals surface area (Å²) in [5, 5.41) is 14.7. The standard InChI is InChI=1S/C36H40N12O4/c1-5-47-27(16-21(3)43-47)33(50)41-35-39-25-18-24(31(37)49)19-29(52-20-23-11-12-23)30(25)46(35)15-8-7-14-45-26-10-9-13-38-32(26)40-36(45)42-34(51)28-17-22(4)44-48(28)6-2/h7-10,13,16-19,23H,5-6,11-12,14-15,20H2,1-4H3,(H2,37,49)(H,39,41,50)(H,38,40,42,51). The Morgan fingerprint density at radius 3 is 2.10 bits per heavy atom. The van der Waals surface area contributed by atoms with E-state index in [9.17, 15) is 14.4 Å². The molecule has 0 atom stereocenters. The molecule has 1 fully saturated rings. The van der Waals surface area contributed by atoms with Crippen LogP contribution in [0.25, 0.3) is 22.2 Å². The smallest absolute Gasteiger partial charge is 0.276 e. The molecular formula is C36H40N12O4. The number of rotatable bonds is 14. The van der Waals surface area contributed by atoms with Gasteiger partial charge in [-0.25, -0.2) is 9.97 Å². The number of primary amides is 1. The molecule has 0 radical (unpaired) electrons. The van der Waals surface area contributed by atoms with Crippen molar-refractivity contribution in [3.05, 3.63) is 83.1 Å². The van der Waals surface area contributed by atoms with Crippen LogP contribution >= 0.6 is 0 Å². The second-order valence-corrected chi connectivity index (χ2v) is 12.8. The van der Waals surface area contributed by atoms with Crippen molar-refractivity contribution in [3.63, 3.8) is 0 Å². The molecule has 0 saturated heterocycles. The van der Waals surface area contributed by atoms with Gasteiger partial charge < -0.3 is 19.6 Å². The Morgan fingerprint density at radius 1 is 0.885 bits per heavy atom. The molecule has 52 heavy (non-hydrogen) atoms. The molecule has 268 valence electrons. The molecule has 1 aliphatic rings. The number of aromatic nitrogens is 9. The van der Waals surface area contributed by atoms with Gasteiger partial charge in [-0.2, -0.15) is 15.2 Å². The van der Waals surface area contributed by atoms with Crippen LogP contribution in [0.4, 0.5) is 11.9 Å². The second-order valence-electron chi connectivity index (χ2n) is 12.8. The highest BCUT2D eigenvalue weighted by Gasteiger charge is 2.25. The lowest BCUT2D eigenvalue weighted by Crippen LogP contribution is -2.20. The van der Waals surface area contributed by atoms with Crippen LogP contribution in [0.15, 0.2) is 54.7 Å². The summed E-state index contributed by atoms with van der Waals surface area (Å²) in [6.45, 7) is 9.66. The molecule has 1 aliphatic carbocycles. The van der Waals surface area contributed by atoms with Crippen molar-refractivity contribution in [2.45, 2.75) is 66.7 Å². The lowest BCUT2D eigenvalue weighted by molar-refractivity contribution is 0.0994. The van der Waals surface area contributed by atoms with Gasteiger partial charge in [0.1, 0.15) is 22.7 Å². The van der Waals surface area contributed by atoms with Crippen molar-refractivity contribution in [1.29, 1.82) is 0 Å². The zero-order valence-corrected chi connectivity index (χ0v) is 29.5. The third-order valence-electron chi connectivity index (χ3n) is 8.85. The Balaban J connectivity index is 1.22. The number of allylic oxidation sites excluding steroid dienone is 2. The Morgan fingerprint density at radius 2 is 1.50 bits per heavy atom. The summed E-state index contributed by atoms with van der Waals surface area (Å²) in [4.78, 5) is 53.0. The fraction of sp³-hybridized carbons (Fsp3) is 0.333. The van der Waals surface area contributed by atoms with Gasteiger partial charge in [0, 0.05) is 37.9 Å². The van der Waals surface area contributed by atoms with Gasteiger partial charge >= 0.3 is 0 Å². The van der Waals surface area contributed by atoms with Crippen LogP contribution in [-0.2, 0) is 26.2 Å². The molecule has 0 spiro atoms. The highest BCUT2D eigenvalue weighted by atomic mass is 16.5. The molecule has 0 bridgehead atoms. The highest BCUT2D eigenvalue weighted by molar-refractivity contribution is 6.04. The number of carbonyl (C=O) groups is 3. The number of nitrogens with one attached hydrogen (secondary N) is 2. The van der Waals surface area contributed by atoms with Gasteiger partial charge in [-0.3, -0.25) is 34.4 Å². The molecule has 3 amide bonds. The van der Waals surface area contributed by atoms with E-state index in [1.165, 1.54) is 0 Å². The summed E-state index contributed by atoms with van der Waals surface area (Å²) in [5.41, 5.74) is 10.5. The number of anilines is 2. The van der Waals surface area contributed by atoms with Crippen LogP contribution in [-0.4, -0.2) is 68.0 Å². The number of amides is 3. The Labute approximate surface area is 298 Å². The number of carbonyl (C=O) groups excluding carboxylic acids is 3. The number of nitrogens with two attached hydrogens (primary N) is 1. The number of hydrogen-bond acceptors (Lipinski definition) is 9. The predicted molar refractivity (Wildman–Crippen MR) is 194 cm³/mol. The molecular weight excluding hydrogens is 664 g/mol. The van der Waals surface area contributed by atoms with Crippen LogP contribution in [0.3, 0.4) is 0 Å². The van der Waals surface area contributed by atoms with E-state index < -0.39 is 5.91 Å². The largest absolute Gasteiger partial charge is 0.491 e. The number of pyridine rings is 1. The monoisotopic (exact) mass is 704 g/mol. The minimum atomic E-state index is -0.611. The average molecular weight is 705 g/mol. The number of aryl methyl sites for hydroxylation is 4. The van der Waals surface area contributed by atoms with E-state index in [0.29, 0.717) is 77.6 Å². The number of nitrogens with zero attached hydrogens (tertiary/aromatic N) is 9. The molecule has 1 saturated carbocycles. The maximum Gasteiger partial charge on any atom is 0.276 e. The first-order valence-corrected chi connectivity index (χ1v) is 17.3. The van der Waals surface area contributed by atoms with Crippen molar-refractivity contribution in [1.82, 2.24) is 43.6 Å². The Bertz CT molecular complexity index is 2360. The first-order chi connectivity index (χ1) is 25.1. The SMILES string of the molecule is CCn1nc(C)cc1C(=O)Nc1nc2ncccc2n1CC=CCn1c(NC(=O)c2cc(C)nn2CC)nc2cc(C(N)=O)cc(OCC3CC3)c21. The maximum atomic E-state index is 13.6. The fourth-order valence-electron chi connectivity index (χ4n) is 6.12. The van der Waals surface area contributed by atoms with E-state index in [1.54, 1.807) is 39.8 Å². The zero-order valence-electron chi connectivity index (χ0n) is 29.5. The topological polar surface area (TPSA) is 195 Å². The van der Waals surface area contributed by atoms with Crippen LogP contribution in [0.1, 0.15) is 69.4 Å². The van der Waals surface area contributed by atoms with Crippen molar-refractivity contribution >= 4 is 51.8 Å². The number of fused-ring (bicyclic) bond motifs is 2. The van der Waals surface area contributed by atoms with Crippen molar-refractivity contribution in [2.75, 3.05) is 17.2 Å². The molecule has 16 nitrogen and oxygen atoms in total. The van der Waals surface area contributed by atoms with E-state index in [4.69, 9.17) is 15.5 Å². The summed E-state index contributed by atoms with van der Waals surface area (Å²) in [6, 6.07) is 10.4. The van der Waals surface area contributed by atoms with Crippen molar-refractivity contribution < 1.29 is 19.1 Å². The minimum absolute atomic E-state index is 0.253. The van der Waals surface area contributed by atoms with Gasteiger partial charge in [0.15, 0.2) is 5.65 Å². The van der Waals surface area contributed by atoms with Crippen LogP contribution in [0.2, 0.25) is 0 Å². The highest BCUT2D eigenvalue weighted by Crippen LogP contribution is 2.34. The normalized spacial score (nSPS) is 13.0. The molecule has 16 heteroatoms. The molecule has 7 rings (SSSR count). The average Bonchev–Trinajstić information content (AvgIpc) is 3.41.